The number of aliphatic imine (C=N–C) groups is 1. The second-order valence-corrected chi connectivity index (χ2v) is 6.88. The summed E-state index contributed by atoms with van der Waals surface area (Å²) < 4.78 is 0. The third-order valence-corrected chi connectivity index (χ3v) is 4.85. The number of nitrogens with zero attached hydrogens (tertiary/aromatic N) is 3. The van der Waals surface area contributed by atoms with E-state index in [1.165, 1.54) is 0 Å². The molecule has 6 nitrogen and oxygen atoms in total. The van der Waals surface area contributed by atoms with Crippen molar-refractivity contribution in [3.8, 4) is 0 Å². The summed E-state index contributed by atoms with van der Waals surface area (Å²) in [4.78, 5) is 35.4. The number of carbonyl (C=O) groups excluding carboxylic acids is 2. The van der Waals surface area contributed by atoms with Crippen molar-refractivity contribution in [1.29, 1.82) is 0 Å². The highest BCUT2D eigenvalue weighted by Gasteiger charge is 2.23. The Morgan fingerprint density at radius 3 is 2.48 bits per heavy atom. The molecule has 2 aliphatic rings. The molecule has 144 valence electrons. The highest BCUT2D eigenvalue weighted by atomic mass is 16.2. The zero-order valence-corrected chi connectivity index (χ0v) is 15.8. The molecular formula is C23H20N4O2. The summed E-state index contributed by atoms with van der Waals surface area (Å²) in [7, 11) is 0. The van der Waals surface area contributed by atoms with Gasteiger partial charge < -0.3 is 5.73 Å². The lowest BCUT2D eigenvalue weighted by Gasteiger charge is -2.24. The summed E-state index contributed by atoms with van der Waals surface area (Å²) in [5, 5.41) is 0. The molecule has 0 radical (unpaired) electrons. The second-order valence-electron chi connectivity index (χ2n) is 6.88. The Morgan fingerprint density at radius 1 is 1.00 bits per heavy atom. The van der Waals surface area contributed by atoms with Crippen molar-refractivity contribution in [2.24, 2.45) is 10.7 Å². The summed E-state index contributed by atoms with van der Waals surface area (Å²) in [6, 6.07) is 18.6. The molecule has 2 amide bonds. The minimum absolute atomic E-state index is 0.0513. The molecule has 2 bridgehead atoms. The van der Waals surface area contributed by atoms with E-state index in [4.69, 9.17) is 10.7 Å². The predicted octanol–water partition coefficient (Wildman–Crippen LogP) is 2.89. The first-order valence-corrected chi connectivity index (χ1v) is 9.37. The Balaban J connectivity index is 1.81. The molecule has 1 aromatic heterocycles. The van der Waals surface area contributed by atoms with Gasteiger partial charge >= 0.3 is 0 Å². The summed E-state index contributed by atoms with van der Waals surface area (Å²) in [5.74, 6) is -0.0981. The Hall–Kier alpha value is -3.80. The number of fused-ring (bicyclic) bond motifs is 6. The molecule has 0 saturated carbocycles. The van der Waals surface area contributed by atoms with Crippen molar-refractivity contribution < 1.29 is 9.59 Å². The van der Waals surface area contributed by atoms with Crippen molar-refractivity contribution in [3.05, 3.63) is 95.3 Å². The van der Waals surface area contributed by atoms with E-state index in [1.807, 2.05) is 24.3 Å². The van der Waals surface area contributed by atoms with Gasteiger partial charge in [-0.1, -0.05) is 36.4 Å². The van der Waals surface area contributed by atoms with Gasteiger partial charge in [-0.2, -0.15) is 0 Å². The van der Waals surface area contributed by atoms with Crippen LogP contribution < -0.4 is 5.73 Å². The number of amides is 2. The summed E-state index contributed by atoms with van der Waals surface area (Å²) in [6.45, 7) is 0.482. The van der Waals surface area contributed by atoms with Crippen molar-refractivity contribution >= 4 is 23.3 Å². The molecule has 0 spiro atoms. The fourth-order valence-electron chi connectivity index (χ4n) is 3.32. The SMILES string of the molecule is NC(=O)c1cccc(C(=Nc2cccnc2)N2CCc3ccc(cc3)CC2=O)c1. The molecule has 0 atom stereocenters. The van der Waals surface area contributed by atoms with Gasteiger partial charge in [-0.25, -0.2) is 4.99 Å². The topological polar surface area (TPSA) is 88.7 Å². The molecule has 2 aromatic carbocycles. The smallest absolute Gasteiger partial charge is 0.248 e. The van der Waals surface area contributed by atoms with Crippen LogP contribution in [0.2, 0.25) is 0 Å². The van der Waals surface area contributed by atoms with Crippen LogP contribution >= 0.6 is 0 Å². The zero-order chi connectivity index (χ0) is 20.2. The maximum absolute atomic E-state index is 13.2. The molecule has 0 saturated heterocycles. The molecule has 29 heavy (non-hydrogen) atoms. The molecule has 3 heterocycles. The number of primary amides is 1. The van der Waals surface area contributed by atoms with E-state index >= 15 is 0 Å². The van der Waals surface area contributed by atoms with Crippen LogP contribution in [-0.2, 0) is 17.6 Å². The molecule has 2 aliphatic heterocycles. The lowest BCUT2D eigenvalue weighted by molar-refractivity contribution is -0.126. The van der Waals surface area contributed by atoms with E-state index in [2.05, 4.69) is 17.1 Å². The number of carbonyl (C=O) groups is 2. The summed E-state index contributed by atoms with van der Waals surface area (Å²) in [5.41, 5.74) is 9.21. The van der Waals surface area contributed by atoms with Crippen LogP contribution in [0.15, 0.2) is 78.0 Å². The fourth-order valence-corrected chi connectivity index (χ4v) is 3.32. The Kier molecular flexibility index (Phi) is 5.16. The number of rotatable bonds is 3. The Bertz CT molecular complexity index is 1080. The highest BCUT2D eigenvalue weighted by molar-refractivity contribution is 6.10. The van der Waals surface area contributed by atoms with Gasteiger partial charge in [0.05, 0.1) is 18.3 Å². The first-order valence-electron chi connectivity index (χ1n) is 9.37. The normalized spacial score (nSPS) is 14.3. The third kappa shape index (κ3) is 4.21. The molecule has 6 heteroatoms. The molecule has 0 fully saturated rings. The number of nitrogens with two attached hydrogens (primary N) is 1. The van der Waals surface area contributed by atoms with Crippen molar-refractivity contribution in [1.82, 2.24) is 9.88 Å². The monoisotopic (exact) mass is 384 g/mol. The molecule has 3 aromatic rings. The predicted molar refractivity (Wildman–Crippen MR) is 111 cm³/mol. The van der Waals surface area contributed by atoms with Crippen molar-refractivity contribution in [3.63, 3.8) is 0 Å². The third-order valence-electron chi connectivity index (χ3n) is 4.85. The van der Waals surface area contributed by atoms with Gasteiger partial charge in [0.25, 0.3) is 0 Å². The van der Waals surface area contributed by atoms with Crippen LogP contribution in [0.3, 0.4) is 0 Å². The van der Waals surface area contributed by atoms with E-state index in [-0.39, 0.29) is 12.3 Å². The van der Waals surface area contributed by atoms with E-state index in [0.29, 0.717) is 35.6 Å². The quantitative estimate of drug-likeness (QED) is 0.556. The number of aromatic nitrogens is 1. The lowest BCUT2D eigenvalue weighted by atomic mass is 10.1. The van der Waals surface area contributed by atoms with Gasteiger partial charge in [-0.05, 0) is 41.8 Å². The van der Waals surface area contributed by atoms with E-state index in [0.717, 1.165) is 11.1 Å². The zero-order valence-electron chi connectivity index (χ0n) is 15.8. The lowest BCUT2D eigenvalue weighted by Crippen LogP contribution is -2.39. The first kappa shape index (κ1) is 18.6. The first-order chi connectivity index (χ1) is 14.1. The van der Waals surface area contributed by atoms with Crippen LogP contribution in [0.25, 0.3) is 0 Å². The highest BCUT2D eigenvalue weighted by Crippen LogP contribution is 2.19. The van der Waals surface area contributed by atoms with Gasteiger partial charge in [-0.15, -0.1) is 0 Å². The average molecular weight is 384 g/mol. The largest absolute Gasteiger partial charge is 0.366 e. The molecular weight excluding hydrogens is 364 g/mol. The van der Waals surface area contributed by atoms with Crippen LogP contribution in [0, 0.1) is 0 Å². The number of amidine groups is 1. The van der Waals surface area contributed by atoms with Gasteiger partial charge in [0.1, 0.15) is 5.84 Å². The Labute approximate surface area is 168 Å². The number of hydrogen-bond acceptors (Lipinski definition) is 4. The van der Waals surface area contributed by atoms with Gasteiger partial charge in [0, 0.05) is 23.9 Å². The summed E-state index contributed by atoms with van der Waals surface area (Å²) in [6.07, 6.45) is 4.28. The second kappa shape index (κ2) is 8.06. The van der Waals surface area contributed by atoms with Crippen LogP contribution in [0.4, 0.5) is 5.69 Å². The van der Waals surface area contributed by atoms with E-state index < -0.39 is 5.91 Å². The maximum atomic E-state index is 13.2. The van der Waals surface area contributed by atoms with Crippen molar-refractivity contribution in [2.45, 2.75) is 12.8 Å². The summed E-state index contributed by atoms with van der Waals surface area (Å²) >= 11 is 0. The van der Waals surface area contributed by atoms with Gasteiger partial charge in [0.2, 0.25) is 11.8 Å². The molecule has 2 N–H and O–H groups in total. The average Bonchev–Trinajstić information content (AvgIpc) is 2.86. The molecule has 0 unspecified atom stereocenters. The van der Waals surface area contributed by atoms with Crippen LogP contribution in [0.5, 0.6) is 0 Å². The maximum Gasteiger partial charge on any atom is 0.248 e. The molecule has 0 aliphatic carbocycles. The number of pyridine rings is 1. The van der Waals surface area contributed by atoms with E-state index in [1.54, 1.807) is 41.6 Å². The Morgan fingerprint density at radius 2 is 1.76 bits per heavy atom. The molecule has 5 rings (SSSR count). The van der Waals surface area contributed by atoms with Crippen LogP contribution in [-0.4, -0.2) is 34.1 Å². The van der Waals surface area contributed by atoms with Gasteiger partial charge in [0.15, 0.2) is 0 Å². The van der Waals surface area contributed by atoms with Gasteiger partial charge in [-0.3, -0.25) is 19.5 Å². The van der Waals surface area contributed by atoms with Crippen LogP contribution in [0.1, 0.15) is 27.0 Å². The fraction of sp³-hybridized carbons (Fsp3) is 0.130. The minimum atomic E-state index is -0.527. The number of benzene rings is 2. The van der Waals surface area contributed by atoms with E-state index in [9.17, 15) is 9.59 Å². The minimum Gasteiger partial charge on any atom is -0.366 e. The standard InChI is InChI=1S/C23H20N4O2/c24-22(29)18-3-1-4-19(14-18)23(26-20-5-2-11-25-15-20)27-12-10-16-6-8-17(9-7-16)13-21(27)28/h1-9,11,14-15H,10,12-13H2,(H2,24,29). The number of hydrogen-bond donors (Lipinski definition) is 1. The van der Waals surface area contributed by atoms with Crippen molar-refractivity contribution in [2.75, 3.05) is 6.54 Å².